The van der Waals surface area contributed by atoms with Gasteiger partial charge in [-0.3, -0.25) is 0 Å². The molecule has 0 spiro atoms. The summed E-state index contributed by atoms with van der Waals surface area (Å²) < 4.78 is -0.749. The van der Waals surface area contributed by atoms with E-state index in [2.05, 4.69) is 19.7 Å². The summed E-state index contributed by atoms with van der Waals surface area (Å²) >= 11 is 0. The largest absolute Gasteiger partial charge is 0.437 e. The van der Waals surface area contributed by atoms with E-state index >= 15 is 0 Å². The Hall–Kier alpha value is -2.37. The first-order valence-corrected chi connectivity index (χ1v) is 12.9. The quantitative estimate of drug-likeness (QED) is 0.107. The number of imide groups is 3. The first kappa shape index (κ1) is 33.7. The highest BCUT2D eigenvalue weighted by Crippen LogP contribution is 2.34. The Morgan fingerprint density at radius 1 is 0.684 bits per heavy atom. The fraction of sp³-hybridized carbons (Fsp3) is 0.679. The summed E-state index contributed by atoms with van der Waals surface area (Å²) in [5, 5.41) is 0. The predicted molar refractivity (Wildman–Crippen MR) is 146 cm³/mol. The Morgan fingerprint density at radius 3 is 1.53 bits per heavy atom. The third-order valence-electron chi connectivity index (χ3n) is 5.59. The number of carbonyl (C=O) groups excluding carboxylic acids is 3. The molecule has 1 rings (SSSR count). The maximum absolute atomic E-state index is 13.9. The van der Waals surface area contributed by atoms with Gasteiger partial charge in [0.2, 0.25) is 0 Å². The summed E-state index contributed by atoms with van der Waals surface area (Å²) in [7, 11) is 0. The molecule has 0 saturated carbocycles. The van der Waals surface area contributed by atoms with Crippen LogP contribution in [0.25, 0.3) is 0 Å². The number of hydrogen-bond donors (Lipinski definition) is 0. The van der Waals surface area contributed by atoms with E-state index in [9.17, 15) is 14.4 Å². The van der Waals surface area contributed by atoms with Crippen molar-refractivity contribution in [3.05, 3.63) is 38.0 Å². The van der Waals surface area contributed by atoms with Crippen LogP contribution in [0.3, 0.4) is 0 Å². The molecular formula is C28H48N3O7+. The minimum atomic E-state index is -1.16. The molecule has 216 valence electrons. The highest BCUT2D eigenvalue weighted by molar-refractivity contribution is 6.06. The zero-order chi connectivity index (χ0) is 29.6. The molecule has 1 aliphatic heterocycles. The fourth-order valence-electron chi connectivity index (χ4n) is 3.79. The number of quaternary nitrogens is 1. The van der Waals surface area contributed by atoms with Gasteiger partial charge in [0.15, 0.2) is 5.60 Å². The van der Waals surface area contributed by atoms with Crippen molar-refractivity contribution < 1.29 is 38.4 Å². The predicted octanol–water partition coefficient (Wildman–Crippen LogP) is 6.15. The molecule has 10 nitrogen and oxygen atoms in total. The SMILES string of the molecule is C=CCN1C(=O)N(CC=C)C(=O)[N+](CC=C)(CC(C)(CCC(C)(C)OOC(C)(C)C)OOC(C)(C)C)C1=O. The molecule has 1 saturated heterocycles. The first-order valence-electron chi connectivity index (χ1n) is 12.9. The normalized spacial score (nSPS) is 18.4. The molecule has 1 aliphatic rings. The highest BCUT2D eigenvalue weighted by Gasteiger charge is 2.60. The Balaban J connectivity index is 3.52. The smallest absolute Gasteiger partial charge is 0.247 e. The molecule has 1 heterocycles. The van der Waals surface area contributed by atoms with E-state index in [0.29, 0.717) is 12.8 Å². The molecule has 1 unspecified atom stereocenters. The van der Waals surface area contributed by atoms with Gasteiger partial charge in [-0.25, -0.2) is 43.7 Å². The Labute approximate surface area is 228 Å². The summed E-state index contributed by atoms with van der Waals surface area (Å²) in [6.07, 6.45) is 5.13. The second kappa shape index (κ2) is 12.7. The number of carbonyl (C=O) groups is 3. The molecule has 1 fully saturated rings. The van der Waals surface area contributed by atoms with Crippen molar-refractivity contribution in [1.82, 2.24) is 9.80 Å². The average Bonchev–Trinajstić information content (AvgIpc) is 2.79. The topological polar surface area (TPSA) is 94.6 Å². The van der Waals surface area contributed by atoms with Crippen LogP contribution >= 0.6 is 0 Å². The minimum Gasteiger partial charge on any atom is -0.247 e. The van der Waals surface area contributed by atoms with Crippen molar-refractivity contribution in [3.8, 4) is 0 Å². The monoisotopic (exact) mass is 538 g/mol. The van der Waals surface area contributed by atoms with Gasteiger partial charge in [0.05, 0.1) is 29.9 Å². The molecular weight excluding hydrogens is 490 g/mol. The highest BCUT2D eigenvalue weighted by atomic mass is 17.2. The zero-order valence-corrected chi connectivity index (χ0v) is 24.8. The number of nitrogens with zero attached hydrogens (tertiary/aromatic N) is 3. The van der Waals surface area contributed by atoms with Gasteiger partial charge in [-0.15, -0.1) is 13.2 Å². The average molecular weight is 539 g/mol. The molecule has 0 radical (unpaired) electrons. The van der Waals surface area contributed by atoms with Crippen molar-refractivity contribution in [2.45, 2.75) is 97.6 Å². The van der Waals surface area contributed by atoms with Crippen LogP contribution in [-0.2, 0) is 19.6 Å². The fourth-order valence-corrected chi connectivity index (χ4v) is 3.79. The first-order chi connectivity index (χ1) is 17.3. The molecule has 1 atom stereocenters. The van der Waals surface area contributed by atoms with E-state index in [1.165, 1.54) is 18.2 Å². The third kappa shape index (κ3) is 9.13. The summed E-state index contributed by atoms with van der Waals surface area (Å²) in [5.41, 5.74) is -3.06. The van der Waals surface area contributed by atoms with Crippen molar-refractivity contribution in [1.29, 1.82) is 0 Å². The lowest BCUT2D eigenvalue weighted by Gasteiger charge is -2.46. The molecule has 0 aromatic rings. The van der Waals surface area contributed by atoms with Crippen LogP contribution in [0.15, 0.2) is 38.0 Å². The van der Waals surface area contributed by atoms with Crippen molar-refractivity contribution >= 4 is 18.1 Å². The van der Waals surface area contributed by atoms with Gasteiger partial charge >= 0.3 is 18.1 Å². The lowest BCUT2D eigenvalue weighted by Crippen LogP contribution is -2.75. The van der Waals surface area contributed by atoms with Gasteiger partial charge in [0.1, 0.15) is 13.1 Å². The lowest BCUT2D eigenvalue weighted by molar-refractivity contribution is -0.783. The van der Waals surface area contributed by atoms with Crippen LogP contribution in [0.1, 0.15) is 75.2 Å². The summed E-state index contributed by atoms with van der Waals surface area (Å²) in [4.78, 5) is 65.8. The van der Waals surface area contributed by atoms with E-state index in [-0.39, 0.29) is 26.2 Å². The van der Waals surface area contributed by atoms with E-state index in [1.54, 1.807) is 6.92 Å². The van der Waals surface area contributed by atoms with Crippen LogP contribution in [0, 0.1) is 0 Å². The van der Waals surface area contributed by atoms with Crippen LogP contribution in [0.4, 0.5) is 14.4 Å². The summed E-state index contributed by atoms with van der Waals surface area (Å²) in [6.45, 7) is 27.5. The maximum Gasteiger partial charge on any atom is 0.437 e. The van der Waals surface area contributed by atoms with Gasteiger partial charge in [0, 0.05) is 0 Å². The number of urea groups is 3. The van der Waals surface area contributed by atoms with Gasteiger partial charge in [-0.2, -0.15) is 4.48 Å². The molecule has 0 aromatic carbocycles. The standard InChI is InChI=1S/C28H48N3O7/c1-13-18-29-22(32)30(19-14-2)24(34)31(20-15-3,23(29)33)21-28(12,38-36-26(7,8)9)17-16-27(10,11)37-35-25(4,5)6/h13-15H,1-3,16-21H2,4-12H3/q+1. The van der Waals surface area contributed by atoms with E-state index in [1.807, 2.05) is 55.4 Å². The number of amides is 6. The summed E-state index contributed by atoms with van der Waals surface area (Å²) in [5.74, 6) is 0. The Kier molecular flexibility index (Phi) is 11.2. The molecule has 0 N–H and O–H groups in total. The van der Waals surface area contributed by atoms with Crippen LogP contribution < -0.4 is 0 Å². The van der Waals surface area contributed by atoms with Crippen molar-refractivity contribution in [3.63, 3.8) is 0 Å². The van der Waals surface area contributed by atoms with Crippen molar-refractivity contribution in [2.24, 2.45) is 0 Å². The second-order valence-electron chi connectivity index (χ2n) is 12.5. The van der Waals surface area contributed by atoms with Crippen LogP contribution in [-0.4, -0.2) is 81.0 Å². The Morgan fingerprint density at radius 2 is 1.13 bits per heavy atom. The second-order valence-corrected chi connectivity index (χ2v) is 12.5. The van der Waals surface area contributed by atoms with Crippen molar-refractivity contribution in [2.75, 3.05) is 26.2 Å². The van der Waals surface area contributed by atoms with Gasteiger partial charge < -0.3 is 0 Å². The molecule has 38 heavy (non-hydrogen) atoms. The van der Waals surface area contributed by atoms with Crippen LogP contribution in [0.5, 0.6) is 0 Å². The third-order valence-corrected chi connectivity index (χ3v) is 5.59. The molecule has 0 aromatic heterocycles. The van der Waals surface area contributed by atoms with Gasteiger partial charge in [0.25, 0.3) is 0 Å². The van der Waals surface area contributed by atoms with E-state index in [4.69, 9.17) is 19.6 Å². The Bertz CT molecular complexity index is 869. The molecule has 0 bridgehead atoms. The van der Waals surface area contributed by atoms with Gasteiger partial charge in [-0.05, 0) is 81.2 Å². The maximum atomic E-state index is 13.9. The molecule has 10 heteroatoms. The van der Waals surface area contributed by atoms with E-state index in [0.717, 1.165) is 9.80 Å². The molecule has 0 aliphatic carbocycles. The lowest BCUT2D eigenvalue weighted by atomic mass is 9.91. The van der Waals surface area contributed by atoms with Gasteiger partial charge in [-0.1, -0.05) is 18.7 Å². The zero-order valence-electron chi connectivity index (χ0n) is 24.8. The van der Waals surface area contributed by atoms with Crippen LogP contribution in [0.2, 0.25) is 0 Å². The number of rotatable bonds is 15. The minimum absolute atomic E-state index is 0.0587. The summed E-state index contributed by atoms with van der Waals surface area (Å²) in [6, 6.07) is -2.09. The molecule has 6 amide bonds. The number of hydrogen-bond acceptors (Lipinski definition) is 7. The van der Waals surface area contributed by atoms with E-state index < -0.39 is 45.0 Å².